The number of hydrogen-bond donors (Lipinski definition) is 1. The van der Waals surface area contributed by atoms with Crippen LogP contribution >= 0.6 is 0 Å². The summed E-state index contributed by atoms with van der Waals surface area (Å²) in [6.45, 7) is 7.47. The van der Waals surface area contributed by atoms with Crippen LogP contribution in [0, 0.1) is 0 Å². The number of nitrogens with two attached hydrogens (primary N) is 1. The van der Waals surface area contributed by atoms with Gasteiger partial charge in [-0.25, -0.2) is 8.78 Å². The second kappa shape index (κ2) is 5.39. The summed E-state index contributed by atoms with van der Waals surface area (Å²) in [5, 5.41) is 0. The Hall–Kier alpha value is -0.260. The van der Waals surface area contributed by atoms with Crippen LogP contribution in [0.25, 0.3) is 0 Å². The zero-order valence-corrected chi connectivity index (χ0v) is 11.4. The predicted octanol–water partition coefficient (Wildman–Crippen LogP) is 1.53. The molecule has 1 saturated heterocycles. The van der Waals surface area contributed by atoms with Crippen molar-refractivity contribution in [2.24, 2.45) is 5.73 Å². The second-order valence-corrected chi connectivity index (χ2v) is 5.93. The fraction of sp³-hybridized carbons (Fsp3) is 1.00. The highest BCUT2D eigenvalue weighted by atomic mass is 19.3. The summed E-state index contributed by atoms with van der Waals surface area (Å²) in [7, 11) is 0. The lowest BCUT2D eigenvalue weighted by Crippen LogP contribution is -2.63. The van der Waals surface area contributed by atoms with E-state index in [1.54, 1.807) is 0 Å². The molecule has 0 radical (unpaired) electrons. The van der Waals surface area contributed by atoms with Gasteiger partial charge in [0.05, 0.1) is 6.04 Å². The molecule has 106 valence electrons. The number of nitrogens with zero attached hydrogens (tertiary/aromatic N) is 2. The Labute approximate surface area is 108 Å². The third-order valence-corrected chi connectivity index (χ3v) is 4.36. The molecule has 0 bridgehead atoms. The topological polar surface area (TPSA) is 32.5 Å². The monoisotopic (exact) mass is 261 g/mol. The molecule has 1 heterocycles. The smallest absolute Gasteiger partial charge is 0.264 e. The first-order chi connectivity index (χ1) is 8.42. The lowest BCUT2D eigenvalue weighted by molar-refractivity contribution is -0.121. The normalized spacial score (nSPS) is 35.0. The van der Waals surface area contributed by atoms with E-state index in [1.807, 2.05) is 4.90 Å². The van der Waals surface area contributed by atoms with Gasteiger partial charge in [0.15, 0.2) is 0 Å². The van der Waals surface area contributed by atoms with Crippen LogP contribution in [0.15, 0.2) is 0 Å². The summed E-state index contributed by atoms with van der Waals surface area (Å²) < 4.78 is 28.0. The molecular formula is C13H25F2N3. The van der Waals surface area contributed by atoms with Gasteiger partial charge in [-0.05, 0) is 26.7 Å². The first-order valence-corrected chi connectivity index (χ1v) is 7.03. The van der Waals surface area contributed by atoms with Gasteiger partial charge in [-0.3, -0.25) is 9.80 Å². The first-order valence-electron chi connectivity index (χ1n) is 7.03. The van der Waals surface area contributed by atoms with Crippen molar-refractivity contribution in [2.75, 3.05) is 26.2 Å². The van der Waals surface area contributed by atoms with Crippen LogP contribution in [0.2, 0.25) is 0 Å². The number of alkyl halides is 2. The molecule has 1 aliphatic carbocycles. The minimum Gasteiger partial charge on any atom is -0.326 e. The van der Waals surface area contributed by atoms with Gasteiger partial charge < -0.3 is 5.73 Å². The molecule has 0 amide bonds. The summed E-state index contributed by atoms with van der Waals surface area (Å²) >= 11 is 0. The molecule has 2 rings (SSSR count). The molecule has 18 heavy (non-hydrogen) atoms. The summed E-state index contributed by atoms with van der Waals surface area (Å²) in [6.07, 6.45) is 1.27. The summed E-state index contributed by atoms with van der Waals surface area (Å²) in [5.41, 5.74) is 5.94. The molecule has 2 N–H and O–H groups in total. The minimum absolute atomic E-state index is 0.00420. The van der Waals surface area contributed by atoms with E-state index < -0.39 is 12.0 Å². The van der Waals surface area contributed by atoms with E-state index in [9.17, 15) is 8.78 Å². The van der Waals surface area contributed by atoms with Crippen molar-refractivity contribution >= 4 is 0 Å². The van der Waals surface area contributed by atoms with Gasteiger partial charge in [0, 0.05) is 44.7 Å². The van der Waals surface area contributed by atoms with Crippen molar-refractivity contribution in [1.82, 2.24) is 9.80 Å². The quantitative estimate of drug-likeness (QED) is 0.818. The molecule has 0 spiro atoms. The summed E-state index contributed by atoms with van der Waals surface area (Å²) in [5.74, 6) is -2.61. The molecular weight excluding hydrogens is 236 g/mol. The van der Waals surface area contributed by atoms with E-state index in [0.717, 1.165) is 19.5 Å². The van der Waals surface area contributed by atoms with E-state index in [-0.39, 0.29) is 12.5 Å². The van der Waals surface area contributed by atoms with Gasteiger partial charge in [-0.1, -0.05) is 0 Å². The van der Waals surface area contributed by atoms with E-state index in [0.29, 0.717) is 25.6 Å². The summed E-state index contributed by atoms with van der Waals surface area (Å²) in [6, 6.07) is -0.632. The van der Waals surface area contributed by atoms with E-state index in [1.165, 1.54) is 0 Å². The average Bonchev–Trinajstić information content (AvgIpc) is 2.28. The second-order valence-electron chi connectivity index (χ2n) is 5.93. The lowest BCUT2D eigenvalue weighted by atomic mass is 9.86. The third kappa shape index (κ3) is 2.83. The molecule has 0 aromatic rings. The highest BCUT2D eigenvalue weighted by Crippen LogP contribution is 2.36. The first kappa shape index (κ1) is 14.2. The highest BCUT2D eigenvalue weighted by molar-refractivity contribution is 4.98. The Morgan fingerprint density at radius 1 is 1.17 bits per heavy atom. The standard InChI is InChI=1S/C13H25F2N3/c1-10(2)17-6-8-18(9-7-17)12-11(16)4-3-5-13(12,14)15/h10-12H,3-9,16H2,1-2H3. The SMILES string of the molecule is CC(C)N1CCN(C2C(N)CCCC2(F)F)CC1. The fourth-order valence-corrected chi connectivity index (χ4v) is 3.26. The lowest BCUT2D eigenvalue weighted by Gasteiger charge is -2.47. The van der Waals surface area contributed by atoms with E-state index >= 15 is 0 Å². The number of rotatable bonds is 2. The molecule has 0 aromatic carbocycles. The molecule has 1 aliphatic heterocycles. The Morgan fingerprint density at radius 2 is 1.78 bits per heavy atom. The van der Waals surface area contributed by atoms with Crippen LogP contribution in [0.3, 0.4) is 0 Å². The zero-order chi connectivity index (χ0) is 13.3. The molecule has 2 unspecified atom stereocenters. The molecule has 2 aliphatic rings. The van der Waals surface area contributed by atoms with Crippen molar-refractivity contribution in [3.63, 3.8) is 0 Å². The Bertz CT molecular complexity index is 275. The zero-order valence-electron chi connectivity index (χ0n) is 11.4. The molecule has 2 fully saturated rings. The van der Waals surface area contributed by atoms with Gasteiger partial charge in [0.1, 0.15) is 0 Å². The Balaban J connectivity index is 1.99. The van der Waals surface area contributed by atoms with Gasteiger partial charge in [0.2, 0.25) is 0 Å². The maximum Gasteiger partial charge on any atom is 0.264 e. The fourth-order valence-electron chi connectivity index (χ4n) is 3.26. The summed E-state index contributed by atoms with van der Waals surface area (Å²) in [4.78, 5) is 4.26. The van der Waals surface area contributed by atoms with Crippen LogP contribution in [0.1, 0.15) is 33.1 Å². The van der Waals surface area contributed by atoms with Gasteiger partial charge in [-0.2, -0.15) is 0 Å². The number of piperazine rings is 1. The van der Waals surface area contributed by atoms with Crippen molar-refractivity contribution in [1.29, 1.82) is 0 Å². The number of halogens is 2. The third-order valence-electron chi connectivity index (χ3n) is 4.36. The van der Waals surface area contributed by atoms with Crippen molar-refractivity contribution in [2.45, 2.75) is 57.2 Å². The van der Waals surface area contributed by atoms with E-state index in [2.05, 4.69) is 18.7 Å². The van der Waals surface area contributed by atoms with Crippen LogP contribution < -0.4 is 5.73 Å². The van der Waals surface area contributed by atoms with Crippen LogP contribution in [-0.4, -0.2) is 60.0 Å². The molecule has 1 saturated carbocycles. The van der Waals surface area contributed by atoms with Crippen molar-refractivity contribution in [3.05, 3.63) is 0 Å². The number of hydrogen-bond acceptors (Lipinski definition) is 3. The van der Waals surface area contributed by atoms with Crippen molar-refractivity contribution in [3.8, 4) is 0 Å². The molecule has 3 nitrogen and oxygen atoms in total. The van der Waals surface area contributed by atoms with Gasteiger partial charge in [0.25, 0.3) is 5.92 Å². The Morgan fingerprint density at radius 3 is 2.28 bits per heavy atom. The van der Waals surface area contributed by atoms with Crippen LogP contribution in [0.5, 0.6) is 0 Å². The largest absolute Gasteiger partial charge is 0.326 e. The van der Waals surface area contributed by atoms with Crippen LogP contribution in [0.4, 0.5) is 8.78 Å². The Kier molecular flexibility index (Phi) is 4.24. The molecule has 0 aromatic heterocycles. The molecule has 2 atom stereocenters. The van der Waals surface area contributed by atoms with Crippen molar-refractivity contribution < 1.29 is 8.78 Å². The maximum atomic E-state index is 14.0. The predicted molar refractivity (Wildman–Crippen MR) is 68.8 cm³/mol. The van der Waals surface area contributed by atoms with Crippen LogP contribution in [-0.2, 0) is 0 Å². The highest BCUT2D eigenvalue weighted by Gasteiger charge is 2.49. The average molecular weight is 261 g/mol. The van der Waals surface area contributed by atoms with E-state index in [4.69, 9.17) is 5.73 Å². The van der Waals surface area contributed by atoms with Gasteiger partial charge >= 0.3 is 0 Å². The maximum absolute atomic E-state index is 14.0. The van der Waals surface area contributed by atoms with Gasteiger partial charge in [-0.15, -0.1) is 0 Å². The molecule has 5 heteroatoms. The minimum atomic E-state index is -2.61.